The molecule has 0 spiro atoms. The number of carbonyl (C=O) groups is 1. The van der Waals surface area contributed by atoms with E-state index in [0.717, 1.165) is 17.7 Å². The molecule has 0 radical (unpaired) electrons. The Morgan fingerprint density at radius 1 is 1.32 bits per heavy atom. The van der Waals surface area contributed by atoms with Crippen LogP contribution in [0, 0.1) is 17.8 Å². The third-order valence-corrected chi connectivity index (χ3v) is 5.45. The molecule has 2 heterocycles. The first-order chi connectivity index (χ1) is 14.6. The molecular weight excluding hydrogens is 407 g/mol. The number of hydrogen-bond acceptors (Lipinski definition) is 3. The highest BCUT2D eigenvalue weighted by atomic mass is 19.4. The Morgan fingerprint density at radius 2 is 2.03 bits per heavy atom. The SMILES string of the molecule is C=C(C)C#C[C@H](c1ccoc1)N1CC[C@@H](CC(=O)O)C[C@H]1c1ccc(C(F)(F)F)cc1. The first-order valence-electron chi connectivity index (χ1n) is 9.99. The van der Waals surface area contributed by atoms with Crippen LogP contribution >= 0.6 is 0 Å². The number of piperidine rings is 1. The van der Waals surface area contributed by atoms with Crippen LogP contribution in [0.4, 0.5) is 13.2 Å². The number of furan rings is 1. The Balaban J connectivity index is 1.99. The van der Waals surface area contributed by atoms with E-state index in [4.69, 9.17) is 4.42 Å². The molecule has 2 aromatic rings. The molecule has 0 bridgehead atoms. The van der Waals surface area contributed by atoms with Crippen molar-refractivity contribution in [3.63, 3.8) is 0 Å². The van der Waals surface area contributed by atoms with Crippen molar-refractivity contribution in [2.24, 2.45) is 5.92 Å². The van der Waals surface area contributed by atoms with Gasteiger partial charge in [-0.2, -0.15) is 13.2 Å². The number of benzene rings is 1. The van der Waals surface area contributed by atoms with Crippen LogP contribution in [-0.4, -0.2) is 22.5 Å². The summed E-state index contributed by atoms with van der Waals surface area (Å²) in [6, 6.07) is 6.27. The highest BCUT2D eigenvalue weighted by molar-refractivity contribution is 5.67. The maximum absolute atomic E-state index is 13.0. The van der Waals surface area contributed by atoms with Crippen LogP contribution in [0.3, 0.4) is 0 Å². The minimum atomic E-state index is -4.41. The summed E-state index contributed by atoms with van der Waals surface area (Å²) < 4.78 is 44.3. The molecule has 3 atom stereocenters. The van der Waals surface area contributed by atoms with Gasteiger partial charge in [-0.05, 0) is 55.0 Å². The molecular formula is C24H24F3NO3. The average Bonchev–Trinajstić information content (AvgIpc) is 3.22. The summed E-state index contributed by atoms with van der Waals surface area (Å²) in [6.07, 6.45) is -0.0605. The lowest BCUT2D eigenvalue weighted by Gasteiger charge is -2.42. The summed E-state index contributed by atoms with van der Waals surface area (Å²) in [5.41, 5.74) is 1.52. The highest BCUT2D eigenvalue weighted by Crippen LogP contribution is 2.41. The predicted octanol–water partition coefficient (Wildman–Crippen LogP) is 5.85. The summed E-state index contributed by atoms with van der Waals surface area (Å²) in [6.45, 7) is 6.18. The van der Waals surface area contributed by atoms with Crippen LogP contribution in [0.5, 0.6) is 0 Å². The molecule has 0 saturated carbocycles. The maximum atomic E-state index is 13.0. The molecule has 0 unspecified atom stereocenters. The van der Waals surface area contributed by atoms with E-state index in [0.29, 0.717) is 30.5 Å². The molecule has 1 N–H and O–H groups in total. The van der Waals surface area contributed by atoms with Gasteiger partial charge in [-0.25, -0.2) is 0 Å². The van der Waals surface area contributed by atoms with Crippen LogP contribution in [0.2, 0.25) is 0 Å². The van der Waals surface area contributed by atoms with Crippen molar-refractivity contribution >= 4 is 5.97 Å². The van der Waals surface area contributed by atoms with E-state index >= 15 is 0 Å². The minimum absolute atomic E-state index is 0.0266. The maximum Gasteiger partial charge on any atom is 0.416 e. The lowest BCUT2D eigenvalue weighted by Crippen LogP contribution is -2.39. The Hall–Kier alpha value is -2.98. The van der Waals surface area contributed by atoms with E-state index in [2.05, 4.69) is 23.3 Å². The molecule has 0 aliphatic carbocycles. The fourth-order valence-corrected chi connectivity index (χ4v) is 4.00. The van der Waals surface area contributed by atoms with Crippen LogP contribution in [0.25, 0.3) is 0 Å². The quantitative estimate of drug-likeness (QED) is 0.604. The Kier molecular flexibility index (Phi) is 6.91. The van der Waals surface area contributed by atoms with Crippen molar-refractivity contribution in [1.82, 2.24) is 4.90 Å². The molecule has 0 amide bonds. The summed E-state index contributed by atoms with van der Waals surface area (Å²) in [5, 5.41) is 9.24. The smallest absolute Gasteiger partial charge is 0.416 e. The standard InChI is InChI=1S/C24H24F3NO3/c1-16(2)3-8-21(19-10-12-31-15-19)28-11-9-17(14-23(29)30)13-22(28)18-4-6-20(7-5-18)24(25,26)27/h4-7,10,12,15,17,21-22H,1,9,11,13-14H2,2H3,(H,29,30)/t17-,21-,22+/m1/s1. The Morgan fingerprint density at radius 3 is 2.58 bits per heavy atom. The van der Waals surface area contributed by atoms with Crippen molar-refractivity contribution in [2.75, 3.05) is 6.54 Å². The number of carboxylic acids is 1. The number of alkyl halides is 3. The third kappa shape index (κ3) is 5.80. The van der Waals surface area contributed by atoms with Crippen molar-refractivity contribution in [3.05, 3.63) is 71.7 Å². The lowest BCUT2D eigenvalue weighted by molar-refractivity contribution is -0.139. The zero-order chi connectivity index (χ0) is 22.6. The molecule has 1 aliphatic rings. The van der Waals surface area contributed by atoms with Crippen LogP contribution in [0.15, 0.2) is 59.4 Å². The Bertz CT molecular complexity index is 968. The Labute approximate surface area is 179 Å². The van der Waals surface area contributed by atoms with Crippen molar-refractivity contribution in [2.45, 2.75) is 44.4 Å². The number of halogens is 3. The number of rotatable bonds is 5. The van der Waals surface area contributed by atoms with Crippen molar-refractivity contribution in [3.8, 4) is 11.8 Å². The molecule has 1 fully saturated rings. The summed E-state index contributed by atoms with van der Waals surface area (Å²) in [4.78, 5) is 13.4. The number of carboxylic acid groups (broad SMARTS) is 1. The normalized spacial score (nSPS) is 20.5. The first-order valence-corrected chi connectivity index (χ1v) is 9.99. The lowest BCUT2D eigenvalue weighted by atomic mass is 9.83. The molecule has 1 saturated heterocycles. The molecule has 1 aromatic heterocycles. The van der Waals surface area contributed by atoms with Crippen LogP contribution in [0.1, 0.15) is 55.0 Å². The average molecular weight is 431 g/mol. The van der Waals surface area contributed by atoms with Crippen LogP contribution in [-0.2, 0) is 11.0 Å². The summed E-state index contributed by atoms with van der Waals surface area (Å²) >= 11 is 0. The number of nitrogens with zero attached hydrogens (tertiary/aromatic N) is 1. The van der Waals surface area contributed by atoms with E-state index < -0.39 is 17.7 Å². The minimum Gasteiger partial charge on any atom is -0.481 e. The van der Waals surface area contributed by atoms with Gasteiger partial charge in [0.05, 0.1) is 18.1 Å². The predicted molar refractivity (Wildman–Crippen MR) is 110 cm³/mol. The van der Waals surface area contributed by atoms with Gasteiger partial charge >= 0.3 is 12.1 Å². The molecule has 1 aromatic carbocycles. The van der Waals surface area contributed by atoms with E-state index in [1.165, 1.54) is 12.1 Å². The van der Waals surface area contributed by atoms with Gasteiger partial charge in [-0.3, -0.25) is 9.69 Å². The van der Waals surface area contributed by atoms with Gasteiger partial charge in [0.2, 0.25) is 0 Å². The van der Waals surface area contributed by atoms with Gasteiger partial charge in [-0.15, -0.1) is 0 Å². The zero-order valence-electron chi connectivity index (χ0n) is 17.2. The second-order valence-corrected chi connectivity index (χ2v) is 7.87. The zero-order valence-corrected chi connectivity index (χ0v) is 17.2. The van der Waals surface area contributed by atoms with E-state index in [1.807, 2.05) is 6.07 Å². The molecule has 164 valence electrons. The number of allylic oxidation sites excluding steroid dienone is 1. The summed E-state index contributed by atoms with van der Waals surface area (Å²) in [7, 11) is 0. The van der Waals surface area contributed by atoms with Crippen LogP contribution < -0.4 is 0 Å². The fourth-order valence-electron chi connectivity index (χ4n) is 4.00. The van der Waals surface area contributed by atoms with Crippen molar-refractivity contribution < 1.29 is 27.5 Å². The van der Waals surface area contributed by atoms with Gasteiger partial charge in [0.1, 0.15) is 6.04 Å². The van der Waals surface area contributed by atoms with Gasteiger partial charge in [0.15, 0.2) is 0 Å². The van der Waals surface area contributed by atoms with E-state index in [-0.39, 0.29) is 24.4 Å². The fraction of sp³-hybridized carbons (Fsp3) is 0.375. The topological polar surface area (TPSA) is 53.7 Å². The second-order valence-electron chi connectivity index (χ2n) is 7.87. The second kappa shape index (κ2) is 9.44. The van der Waals surface area contributed by atoms with Gasteiger partial charge in [0.25, 0.3) is 0 Å². The monoisotopic (exact) mass is 431 g/mol. The molecule has 4 nitrogen and oxygen atoms in total. The molecule has 3 rings (SSSR count). The molecule has 7 heteroatoms. The van der Waals surface area contributed by atoms with Gasteiger partial charge in [0, 0.05) is 24.6 Å². The number of hydrogen-bond donors (Lipinski definition) is 1. The van der Waals surface area contributed by atoms with E-state index in [9.17, 15) is 23.1 Å². The van der Waals surface area contributed by atoms with E-state index in [1.54, 1.807) is 19.5 Å². The van der Waals surface area contributed by atoms with Gasteiger partial charge in [-0.1, -0.05) is 30.6 Å². The third-order valence-electron chi connectivity index (χ3n) is 5.45. The number of aliphatic carboxylic acids is 1. The molecule has 31 heavy (non-hydrogen) atoms. The number of likely N-dealkylation sites (tertiary alicyclic amines) is 1. The van der Waals surface area contributed by atoms with Crippen molar-refractivity contribution in [1.29, 1.82) is 0 Å². The highest BCUT2D eigenvalue weighted by Gasteiger charge is 2.36. The molecule has 1 aliphatic heterocycles. The first kappa shape index (κ1) is 22.7. The largest absolute Gasteiger partial charge is 0.481 e. The summed E-state index contributed by atoms with van der Waals surface area (Å²) in [5.74, 6) is 5.26. The van der Waals surface area contributed by atoms with Gasteiger partial charge < -0.3 is 9.52 Å².